The first-order chi connectivity index (χ1) is 20.3. The molecule has 1 saturated carbocycles. The molecule has 0 saturated heterocycles. The van der Waals surface area contributed by atoms with Crippen molar-refractivity contribution in [3.05, 3.63) is 70.8 Å². The molecule has 0 aliphatic heterocycles. The van der Waals surface area contributed by atoms with Gasteiger partial charge in [0.1, 0.15) is 11.7 Å². The number of fused-ring (bicyclic) bond motifs is 1. The Hall–Kier alpha value is -4.31. The number of carbonyl (C=O) groups excluding carboxylic acids is 1. The fourth-order valence-electron chi connectivity index (χ4n) is 5.20. The number of aliphatic imine (C=N–C) groups is 1. The van der Waals surface area contributed by atoms with Gasteiger partial charge >= 0.3 is 5.97 Å². The van der Waals surface area contributed by atoms with E-state index in [9.17, 15) is 9.18 Å². The molecule has 2 heterocycles. The van der Waals surface area contributed by atoms with Crippen molar-refractivity contribution in [3.8, 4) is 22.6 Å². The van der Waals surface area contributed by atoms with Crippen LogP contribution in [0.4, 0.5) is 15.8 Å². The molecule has 0 spiro atoms. The molecule has 0 atom stereocenters. The van der Waals surface area contributed by atoms with Gasteiger partial charge in [0, 0.05) is 23.9 Å². The Morgan fingerprint density at radius 2 is 1.95 bits per heavy atom. The number of ether oxygens (including phenoxy) is 3. The van der Waals surface area contributed by atoms with Gasteiger partial charge in [-0.1, -0.05) is 30.9 Å². The SMILES string of the molecule is COC(=O)COc1cc(C)c(-c2cc3c(NC4CCCCC4)c(C(N)=Nc4cc(F)ccc4Cl)cnn3c2)cc1OC. The lowest BCUT2D eigenvalue weighted by molar-refractivity contribution is -0.142. The maximum Gasteiger partial charge on any atom is 0.343 e. The van der Waals surface area contributed by atoms with Crippen LogP contribution in [0.25, 0.3) is 16.6 Å². The van der Waals surface area contributed by atoms with Crippen LogP contribution in [0.3, 0.4) is 0 Å². The third kappa shape index (κ3) is 6.28. The Morgan fingerprint density at radius 3 is 2.69 bits per heavy atom. The number of esters is 1. The topological polar surface area (TPSA) is 112 Å². The van der Waals surface area contributed by atoms with Crippen LogP contribution in [0.5, 0.6) is 11.5 Å². The summed E-state index contributed by atoms with van der Waals surface area (Å²) in [4.78, 5) is 16.1. The lowest BCUT2D eigenvalue weighted by Gasteiger charge is -2.25. The molecule has 0 bridgehead atoms. The average molecular weight is 594 g/mol. The van der Waals surface area contributed by atoms with Crippen molar-refractivity contribution in [3.63, 3.8) is 0 Å². The summed E-state index contributed by atoms with van der Waals surface area (Å²) in [6.45, 7) is 1.73. The van der Waals surface area contributed by atoms with Crippen LogP contribution in [0, 0.1) is 12.7 Å². The van der Waals surface area contributed by atoms with Gasteiger partial charge in [-0.3, -0.25) is 0 Å². The Bertz CT molecular complexity index is 1650. The Labute approximate surface area is 248 Å². The minimum absolute atomic E-state index is 0.170. The molecule has 0 amide bonds. The number of amidine groups is 1. The minimum atomic E-state index is -0.486. The molecule has 42 heavy (non-hydrogen) atoms. The second-order valence-electron chi connectivity index (χ2n) is 10.2. The van der Waals surface area contributed by atoms with Gasteiger partial charge < -0.3 is 25.3 Å². The number of carbonyl (C=O) groups is 1. The van der Waals surface area contributed by atoms with Gasteiger partial charge in [0.05, 0.1) is 47.9 Å². The van der Waals surface area contributed by atoms with Gasteiger partial charge in [-0.15, -0.1) is 0 Å². The summed E-state index contributed by atoms with van der Waals surface area (Å²) >= 11 is 6.28. The van der Waals surface area contributed by atoms with Gasteiger partial charge in [0.2, 0.25) is 0 Å². The summed E-state index contributed by atoms with van der Waals surface area (Å²) in [5.74, 6) is 0.146. The Kier molecular flexibility index (Phi) is 8.82. The van der Waals surface area contributed by atoms with Gasteiger partial charge in [-0.2, -0.15) is 5.10 Å². The molecule has 2 aromatic carbocycles. The van der Waals surface area contributed by atoms with Gasteiger partial charge in [0.25, 0.3) is 0 Å². The van der Waals surface area contributed by atoms with Crippen molar-refractivity contribution in [2.45, 2.75) is 45.1 Å². The highest BCUT2D eigenvalue weighted by Gasteiger charge is 2.21. The summed E-state index contributed by atoms with van der Waals surface area (Å²) in [5.41, 5.74) is 11.7. The number of nitrogens with one attached hydrogen (secondary N) is 1. The molecule has 5 rings (SSSR count). The maximum absolute atomic E-state index is 13.9. The van der Waals surface area contributed by atoms with E-state index in [4.69, 9.17) is 26.8 Å². The van der Waals surface area contributed by atoms with Crippen molar-refractivity contribution >= 4 is 40.3 Å². The number of hydrogen-bond donors (Lipinski definition) is 2. The number of benzene rings is 2. The van der Waals surface area contributed by atoms with Crippen molar-refractivity contribution in [2.24, 2.45) is 10.7 Å². The number of anilines is 1. The molecule has 9 nitrogen and oxygen atoms in total. The highest BCUT2D eigenvalue weighted by Crippen LogP contribution is 2.38. The van der Waals surface area contributed by atoms with E-state index in [0.29, 0.717) is 22.1 Å². The third-order valence-electron chi connectivity index (χ3n) is 7.41. The van der Waals surface area contributed by atoms with Gasteiger partial charge in [-0.05, 0) is 61.2 Å². The molecule has 0 radical (unpaired) electrons. The number of aromatic nitrogens is 2. The molecule has 1 aliphatic carbocycles. The lowest BCUT2D eigenvalue weighted by atomic mass is 9.95. The van der Waals surface area contributed by atoms with Crippen molar-refractivity contribution in [2.75, 3.05) is 26.1 Å². The molecular weight excluding hydrogens is 561 g/mol. The summed E-state index contributed by atoms with van der Waals surface area (Å²) in [6.07, 6.45) is 9.17. The molecule has 1 aliphatic rings. The zero-order chi connectivity index (χ0) is 29.8. The highest BCUT2D eigenvalue weighted by atomic mass is 35.5. The number of methoxy groups -OCH3 is 2. The molecule has 11 heteroatoms. The summed E-state index contributed by atoms with van der Waals surface area (Å²) in [5, 5.41) is 8.64. The highest BCUT2D eigenvalue weighted by molar-refractivity contribution is 6.33. The first-order valence-electron chi connectivity index (χ1n) is 13.7. The van der Waals surface area contributed by atoms with Crippen LogP contribution in [0.15, 0.2) is 53.8 Å². The minimum Gasteiger partial charge on any atom is -0.493 e. The fourth-order valence-corrected chi connectivity index (χ4v) is 5.36. The smallest absolute Gasteiger partial charge is 0.343 e. The zero-order valence-electron chi connectivity index (χ0n) is 23.7. The van der Waals surface area contributed by atoms with Gasteiger partial charge in [0.15, 0.2) is 18.1 Å². The van der Waals surface area contributed by atoms with Crippen LogP contribution >= 0.6 is 11.6 Å². The van der Waals surface area contributed by atoms with E-state index in [1.807, 2.05) is 31.3 Å². The van der Waals surface area contributed by atoms with Crippen molar-refractivity contribution in [1.82, 2.24) is 9.61 Å². The van der Waals surface area contributed by atoms with Crippen LogP contribution < -0.4 is 20.5 Å². The molecule has 4 aromatic rings. The molecule has 0 unspecified atom stereocenters. The number of nitrogens with zero attached hydrogens (tertiary/aromatic N) is 3. The zero-order valence-corrected chi connectivity index (χ0v) is 24.5. The molecule has 220 valence electrons. The van der Waals surface area contributed by atoms with E-state index in [1.54, 1.807) is 17.8 Å². The van der Waals surface area contributed by atoms with Crippen LogP contribution in [0.1, 0.15) is 43.2 Å². The number of halogens is 2. The summed E-state index contributed by atoms with van der Waals surface area (Å²) in [7, 11) is 2.85. The third-order valence-corrected chi connectivity index (χ3v) is 7.73. The number of nitrogens with two attached hydrogens (primary N) is 1. The fraction of sp³-hybridized carbons (Fsp3) is 0.323. The largest absolute Gasteiger partial charge is 0.493 e. The van der Waals surface area contributed by atoms with Crippen LogP contribution in [0.2, 0.25) is 5.02 Å². The monoisotopic (exact) mass is 593 g/mol. The average Bonchev–Trinajstić information content (AvgIpc) is 3.43. The molecular formula is C31H33ClFN5O4. The predicted octanol–water partition coefficient (Wildman–Crippen LogP) is 6.44. The number of rotatable bonds is 9. The van der Waals surface area contributed by atoms with E-state index in [0.717, 1.165) is 53.6 Å². The second kappa shape index (κ2) is 12.7. The standard InChI is InChI=1S/C31H33ClFN5O4/c1-18-11-28(42-17-29(39)41-3)27(40-2)14-22(18)19-12-26-30(36-21-7-5-4-6-8-21)23(15-35-38(26)16-19)31(34)37-25-13-20(33)9-10-24(25)32/h9-16,21,36H,4-8,17H2,1-3H3,(H2,34,37). The normalized spacial score (nSPS) is 14.2. The lowest BCUT2D eigenvalue weighted by Crippen LogP contribution is -2.25. The summed E-state index contributed by atoms with van der Waals surface area (Å²) < 4.78 is 31.6. The molecule has 3 N–H and O–H groups in total. The van der Waals surface area contributed by atoms with E-state index in [1.165, 1.54) is 31.7 Å². The van der Waals surface area contributed by atoms with E-state index in [-0.39, 0.29) is 24.2 Å². The summed E-state index contributed by atoms with van der Waals surface area (Å²) in [6, 6.07) is 9.97. The van der Waals surface area contributed by atoms with E-state index in [2.05, 4.69) is 20.1 Å². The maximum atomic E-state index is 13.9. The van der Waals surface area contributed by atoms with Gasteiger partial charge in [-0.25, -0.2) is 18.7 Å². The number of aryl methyl sites for hydroxylation is 1. The van der Waals surface area contributed by atoms with E-state index < -0.39 is 11.8 Å². The quantitative estimate of drug-likeness (QED) is 0.130. The first-order valence-corrected chi connectivity index (χ1v) is 14.1. The van der Waals surface area contributed by atoms with Crippen molar-refractivity contribution in [1.29, 1.82) is 0 Å². The molecule has 1 fully saturated rings. The Morgan fingerprint density at radius 1 is 1.17 bits per heavy atom. The van der Waals surface area contributed by atoms with Crippen LogP contribution in [-0.2, 0) is 9.53 Å². The molecule has 2 aromatic heterocycles. The predicted molar refractivity (Wildman–Crippen MR) is 162 cm³/mol. The van der Waals surface area contributed by atoms with Crippen molar-refractivity contribution < 1.29 is 23.4 Å². The Balaban J connectivity index is 1.59. The van der Waals surface area contributed by atoms with Crippen LogP contribution in [-0.4, -0.2) is 48.3 Å². The number of hydrogen-bond acceptors (Lipinski definition) is 7. The second-order valence-corrected chi connectivity index (χ2v) is 10.7. The van der Waals surface area contributed by atoms with E-state index >= 15 is 0 Å². The first kappa shape index (κ1) is 29.2.